The van der Waals surface area contributed by atoms with Crippen molar-refractivity contribution >= 4 is 11.9 Å². The molecule has 1 saturated heterocycles. The van der Waals surface area contributed by atoms with Gasteiger partial charge in [-0.05, 0) is 50.4 Å². The Hall–Kier alpha value is -1.95. The Kier molecular flexibility index (Phi) is 5.06. The molecule has 150 valence electrons. The number of urea groups is 1. The minimum atomic E-state index is -3.13. The Labute approximate surface area is 157 Å². The number of hydrogen-bond acceptors (Lipinski definition) is 4. The lowest BCUT2D eigenvalue weighted by molar-refractivity contribution is -0.126. The Morgan fingerprint density at radius 2 is 1.96 bits per heavy atom. The lowest BCUT2D eigenvalue weighted by Crippen LogP contribution is -2.55. The molecule has 1 aliphatic heterocycles. The van der Waals surface area contributed by atoms with Crippen LogP contribution in [0.5, 0.6) is 0 Å². The van der Waals surface area contributed by atoms with Crippen LogP contribution < -0.4 is 10.6 Å². The smallest absolute Gasteiger partial charge is 0.318 e. The van der Waals surface area contributed by atoms with Gasteiger partial charge in [-0.15, -0.1) is 0 Å². The van der Waals surface area contributed by atoms with E-state index in [9.17, 15) is 23.5 Å². The van der Waals surface area contributed by atoms with Gasteiger partial charge in [-0.3, -0.25) is 4.79 Å². The highest BCUT2D eigenvalue weighted by Gasteiger charge is 2.54. The van der Waals surface area contributed by atoms with E-state index in [-0.39, 0.29) is 12.0 Å². The van der Waals surface area contributed by atoms with Gasteiger partial charge in [-0.2, -0.15) is 5.26 Å². The molecule has 0 bridgehead atoms. The third kappa shape index (κ3) is 4.49. The van der Waals surface area contributed by atoms with Gasteiger partial charge in [0.05, 0.1) is 6.07 Å². The second-order valence-corrected chi connectivity index (χ2v) is 8.39. The molecular formula is C18H26F2N4O3. The summed E-state index contributed by atoms with van der Waals surface area (Å²) < 4.78 is 27.0. The minimum Gasteiger partial charge on any atom is -0.396 e. The molecule has 0 aromatic carbocycles. The summed E-state index contributed by atoms with van der Waals surface area (Å²) in [6.45, 7) is 1.80. The summed E-state index contributed by atoms with van der Waals surface area (Å²) >= 11 is 0. The van der Waals surface area contributed by atoms with Crippen molar-refractivity contribution in [2.75, 3.05) is 19.7 Å². The van der Waals surface area contributed by atoms with Crippen LogP contribution in [0.4, 0.5) is 13.6 Å². The number of nitriles is 1. The fourth-order valence-electron chi connectivity index (χ4n) is 3.98. The number of piperidine rings is 1. The highest BCUT2D eigenvalue weighted by atomic mass is 19.3. The van der Waals surface area contributed by atoms with E-state index in [1.807, 2.05) is 6.07 Å². The van der Waals surface area contributed by atoms with Crippen LogP contribution in [0.1, 0.15) is 45.4 Å². The van der Waals surface area contributed by atoms with Crippen LogP contribution >= 0.6 is 0 Å². The molecule has 3 rings (SSSR count). The molecule has 2 aliphatic carbocycles. The highest BCUT2D eigenvalue weighted by Crippen LogP contribution is 2.58. The number of aliphatic hydroxyl groups is 1. The number of alkyl halides is 2. The molecule has 3 amide bonds. The Morgan fingerprint density at radius 1 is 1.33 bits per heavy atom. The lowest BCUT2D eigenvalue weighted by Gasteiger charge is -2.34. The third-order valence-electron chi connectivity index (χ3n) is 6.13. The topological polar surface area (TPSA) is 105 Å². The average molecular weight is 384 g/mol. The second kappa shape index (κ2) is 6.89. The summed E-state index contributed by atoms with van der Waals surface area (Å²) in [7, 11) is 0. The molecule has 1 heterocycles. The van der Waals surface area contributed by atoms with E-state index in [1.165, 1.54) is 4.90 Å². The number of aliphatic hydroxyl groups excluding tert-OH is 1. The fraction of sp³-hybridized carbons (Fsp3) is 0.833. The first-order valence-electron chi connectivity index (χ1n) is 9.39. The maximum atomic E-state index is 13.5. The minimum absolute atomic E-state index is 0.115. The van der Waals surface area contributed by atoms with E-state index < -0.39 is 35.9 Å². The van der Waals surface area contributed by atoms with Gasteiger partial charge in [0.15, 0.2) is 0 Å². The number of hydrogen-bond donors (Lipinski definition) is 3. The second-order valence-electron chi connectivity index (χ2n) is 8.39. The zero-order valence-electron chi connectivity index (χ0n) is 15.4. The van der Waals surface area contributed by atoms with Crippen molar-refractivity contribution in [3.8, 4) is 6.07 Å². The zero-order valence-corrected chi connectivity index (χ0v) is 15.4. The number of amides is 3. The van der Waals surface area contributed by atoms with Gasteiger partial charge >= 0.3 is 6.03 Å². The Bertz CT molecular complexity index is 646. The van der Waals surface area contributed by atoms with Gasteiger partial charge in [0.1, 0.15) is 11.6 Å². The normalized spacial score (nSPS) is 26.0. The molecule has 0 radical (unpaired) electrons. The van der Waals surface area contributed by atoms with Crippen LogP contribution in [-0.4, -0.2) is 59.1 Å². The van der Waals surface area contributed by atoms with Crippen molar-refractivity contribution in [1.82, 2.24) is 15.5 Å². The largest absolute Gasteiger partial charge is 0.396 e. The molecule has 9 heteroatoms. The van der Waals surface area contributed by atoms with Crippen LogP contribution in [0.3, 0.4) is 0 Å². The molecule has 7 nitrogen and oxygen atoms in total. The van der Waals surface area contributed by atoms with Crippen LogP contribution in [0.25, 0.3) is 0 Å². The van der Waals surface area contributed by atoms with E-state index in [0.717, 1.165) is 19.3 Å². The quantitative estimate of drug-likeness (QED) is 0.643. The van der Waals surface area contributed by atoms with E-state index in [4.69, 9.17) is 5.26 Å². The number of halogens is 2. The van der Waals surface area contributed by atoms with Crippen molar-refractivity contribution in [2.24, 2.45) is 11.3 Å². The van der Waals surface area contributed by atoms with Crippen LogP contribution in [0.15, 0.2) is 0 Å². The molecular weight excluding hydrogens is 358 g/mol. The molecule has 27 heavy (non-hydrogen) atoms. The maximum Gasteiger partial charge on any atom is 0.318 e. The van der Waals surface area contributed by atoms with Crippen LogP contribution in [0.2, 0.25) is 0 Å². The molecule has 2 atom stereocenters. The SMILES string of the molecule is CC(F)(F)C[C@H](NC(=O)N1CCC2(CC1)CC2CO)C(=O)NC1(C#N)CC1. The van der Waals surface area contributed by atoms with Crippen molar-refractivity contribution in [1.29, 1.82) is 5.26 Å². The zero-order chi connectivity index (χ0) is 19.9. The van der Waals surface area contributed by atoms with Gasteiger partial charge in [0.2, 0.25) is 11.8 Å². The molecule has 2 saturated carbocycles. The first-order chi connectivity index (χ1) is 12.6. The van der Waals surface area contributed by atoms with Gasteiger partial charge in [0, 0.05) is 26.1 Å². The summed E-state index contributed by atoms with van der Waals surface area (Å²) in [4.78, 5) is 26.4. The van der Waals surface area contributed by atoms with Crippen molar-refractivity contribution in [3.63, 3.8) is 0 Å². The van der Waals surface area contributed by atoms with Crippen molar-refractivity contribution in [3.05, 3.63) is 0 Å². The molecule has 0 aromatic heterocycles. The monoisotopic (exact) mass is 384 g/mol. The summed E-state index contributed by atoms with van der Waals surface area (Å²) in [5, 5.41) is 23.3. The number of nitrogens with one attached hydrogen (secondary N) is 2. The van der Waals surface area contributed by atoms with Gasteiger partial charge in [0.25, 0.3) is 0 Å². The first kappa shape index (κ1) is 19.8. The van der Waals surface area contributed by atoms with Gasteiger partial charge in [-0.25, -0.2) is 13.6 Å². The molecule has 0 aromatic rings. The number of carbonyl (C=O) groups excluding carboxylic acids is 2. The molecule has 3 N–H and O–H groups in total. The van der Waals surface area contributed by atoms with Crippen LogP contribution in [-0.2, 0) is 4.79 Å². The van der Waals surface area contributed by atoms with E-state index in [2.05, 4.69) is 10.6 Å². The summed E-state index contributed by atoms with van der Waals surface area (Å²) in [6, 6.07) is 0.0383. The van der Waals surface area contributed by atoms with E-state index >= 15 is 0 Å². The Morgan fingerprint density at radius 3 is 2.41 bits per heavy atom. The number of likely N-dealkylation sites (tertiary alicyclic amines) is 1. The predicted octanol–water partition coefficient (Wildman–Crippen LogP) is 1.38. The van der Waals surface area contributed by atoms with Gasteiger partial charge in [-0.1, -0.05) is 0 Å². The Balaban J connectivity index is 1.57. The van der Waals surface area contributed by atoms with Gasteiger partial charge < -0.3 is 20.6 Å². The summed E-state index contributed by atoms with van der Waals surface area (Å²) in [5.74, 6) is -3.59. The first-order valence-corrected chi connectivity index (χ1v) is 9.39. The molecule has 3 aliphatic rings. The maximum absolute atomic E-state index is 13.5. The summed E-state index contributed by atoms with van der Waals surface area (Å²) in [6.07, 6.45) is 2.64. The number of rotatable bonds is 6. The molecule has 1 unspecified atom stereocenters. The highest BCUT2D eigenvalue weighted by molar-refractivity contribution is 5.88. The van der Waals surface area contributed by atoms with Crippen molar-refractivity contribution in [2.45, 2.75) is 63.0 Å². The van der Waals surface area contributed by atoms with E-state index in [0.29, 0.717) is 38.8 Å². The van der Waals surface area contributed by atoms with Crippen LogP contribution in [0, 0.1) is 22.7 Å². The lowest BCUT2D eigenvalue weighted by atomic mass is 9.91. The number of nitrogens with zero attached hydrogens (tertiary/aromatic N) is 2. The number of carbonyl (C=O) groups is 2. The average Bonchev–Trinajstić information content (AvgIpc) is 3.51. The van der Waals surface area contributed by atoms with E-state index in [1.54, 1.807) is 0 Å². The summed E-state index contributed by atoms with van der Waals surface area (Å²) in [5.41, 5.74) is -0.865. The fourth-order valence-corrected chi connectivity index (χ4v) is 3.98. The predicted molar refractivity (Wildman–Crippen MR) is 91.7 cm³/mol. The van der Waals surface area contributed by atoms with Crippen molar-refractivity contribution < 1.29 is 23.5 Å². The third-order valence-corrected chi connectivity index (χ3v) is 6.13. The molecule has 3 fully saturated rings. The molecule has 1 spiro atoms. The standard InChI is InChI=1S/C18H26F2N4O3/c1-16(19,20)9-13(14(26)23-18(11-21)2-3-18)22-15(27)24-6-4-17(5-7-24)8-12(17)10-25/h12-13,25H,2-10H2,1H3,(H,22,27)(H,23,26)/t12?,13-/m0/s1.